The first-order chi connectivity index (χ1) is 9.15. The zero-order valence-electron chi connectivity index (χ0n) is 10.8. The van der Waals surface area contributed by atoms with Crippen LogP contribution in [-0.2, 0) is 19.1 Å². The molecule has 0 aromatic heterocycles. The zero-order valence-corrected chi connectivity index (χ0v) is 10.8. The van der Waals surface area contributed by atoms with Gasteiger partial charge in [-0.05, 0) is 31.2 Å². The van der Waals surface area contributed by atoms with Crippen LogP contribution in [0.4, 0.5) is 0 Å². The Labute approximate surface area is 111 Å². The van der Waals surface area contributed by atoms with Crippen molar-refractivity contribution in [2.75, 3.05) is 20.3 Å². The molecule has 0 fully saturated rings. The fourth-order valence-corrected chi connectivity index (χ4v) is 1.13. The molecule has 0 radical (unpaired) electrons. The van der Waals surface area contributed by atoms with Gasteiger partial charge in [0.2, 0.25) is 0 Å². The van der Waals surface area contributed by atoms with Crippen LogP contribution in [-0.4, -0.2) is 32.3 Å². The lowest BCUT2D eigenvalue weighted by atomic mass is 10.2. The van der Waals surface area contributed by atoms with Gasteiger partial charge in [-0.3, -0.25) is 0 Å². The van der Waals surface area contributed by atoms with Crippen molar-refractivity contribution in [1.82, 2.24) is 0 Å². The zero-order chi connectivity index (χ0) is 14.1. The van der Waals surface area contributed by atoms with E-state index >= 15 is 0 Å². The average molecular weight is 262 g/mol. The summed E-state index contributed by atoms with van der Waals surface area (Å²) < 4.78 is 14.3. The molecule has 0 N–H and O–H groups in total. The maximum absolute atomic E-state index is 11.0. The van der Waals surface area contributed by atoms with Crippen LogP contribution in [0, 0.1) is 11.8 Å². The van der Waals surface area contributed by atoms with E-state index < -0.39 is 11.9 Å². The fraction of sp³-hybridized carbons (Fsp3) is 0.286. The van der Waals surface area contributed by atoms with Gasteiger partial charge in [0.1, 0.15) is 5.75 Å². The minimum Gasteiger partial charge on any atom is -0.482 e. The summed E-state index contributed by atoms with van der Waals surface area (Å²) in [6.07, 6.45) is 0. The van der Waals surface area contributed by atoms with Crippen molar-refractivity contribution >= 4 is 11.9 Å². The highest BCUT2D eigenvalue weighted by Gasteiger charge is 2.01. The molecule has 0 aliphatic rings. The van der Waals surface area contributed by atoms with Crippen LogP contribution >= 0.6 is 0 Å². The molecule has 0 amide bonds. The number of rotatable bonds is 4. The number of hydrogen-bond acceptors (Lipinski definition) is 5. The highest BCUT2D eigenvalue weighted by atomic mass is 16.6. The minimum absolute atomic E-state index is 0.148. The highest BCUT2D eigenvalue weighted by molar-refractivity contribution is 5.89. The Morgan fingerprint density at radius 2 is 1.89 bits per heavy atom. The third-order valence-corrected chi connectivity index (χ3v) is 2.02. The van der Waals surface area contributed by atoms with Gasteiger partial charge in [-0.1, -0.05) is 5.92 Å². The standard InChI is InChI=1S/C14H14O5/c1-3-18-13(15)9-6-11-4-7-12(8-5-11)19-10-14(16)17-2/h4-5,7-8H,3,10H2,1-2H3. The molecule has 5 heteroatoms. The molecule has 1 aromatic rings. The van der Waals surface area contributed by atoms with Crippen molar-refractivity contribution in [3.8, 4) is 17.6 Å². The summed E-state index contributed by atoms with van der Waals surface area (Å²) in [5.41, 5.74) is 0.651. The van der Waals surface area contributed by atoms with Crippen molar-refractivity contribution in [3.63, 3.8) is 0 Å². The van der Waals surface area contributed by atoms with Gasteiger partial charge in [0.25, 0.3) is 0 Å². The summed E-state index contributed by atoms with van der Waals surface area (Å²) in [6, 6.07) is 6.66. The molecular weight excluding hydrogens is 248 g/mol. The van der Waals surface area contributed by atoms with Crippen LogP contribution in [0.2, 0.25) is 0 Å². The Morgan fingerprint density at radius 3 is 2.47 bits per heavy atom. The summed E-state index contributed by atoms with van der Waals surface area (Å²) in [7, 11) is 1.29. The minimum atomic E-state index is -0.562. The van der Waals surface area contributed by atoms with Crippen LogP contribution in [0.1, 0.15) is 12.5 Å². The summed E-state index contributed by atoms with van der Waals surface area (Å²) in [6.45, 7) is 1.87. The number of esters is 2. The predicted octanol–water partition coefficient (Wildman–Crippen LogP) is 1.15. The molecular formula is C14H14O5. The maximum Gasteiger partial charge on any atom is 0.384 e. The molecule has 100 valence electrons. The second-order valence-electron chi connectivity index (χ2n) is 3.36. The molecule has 0 bridgehead atoms. The first-order valence-corrected chi connectivity index (χ1v) is 5.64. The Bertz CT molecular complexity index is 493. The van der Waals surface area contributed by atoms with Crippen molar-refractivity contribution in [1.29, 1.82) is 0 Å². The fourth-order valence-electron chi connectivity index (χ4n) is 1.13. The highest BCUT2D eigenvalue weighted by Crippen LogP contribution is 2.11. The number of ether oxygens (including phenoxy) is 3. The molecule has 0 aliphatic heterocycles. The second-order valence-corrected chi connectivity index (χ2v) is 3.36. The van der Waals surface area contributed by atoms with Gasteiger partial charge in [0.15, 0.2) is 6.61 Å². The van der Waals surface area contributed by atoms with E-state index in [0.717, 1.165) is 0 Å². The Kier molecular flexibility index (Phi) is 5.96. The molecule has 0 spiro atoms. The van der Waals surface area contributed by atoms with E-state index in [0.29, 0.717) is 17.9 Å². The normalized spacial score (nSPS) is 8.95. The lowest BCUT2D eigenvalue weighted by molar-refractivity contribution is -0.143. The van der Waals surface area contributed by atoms with Crippen LogP contribution in [0.3, 0.4) is 0 Å². The van der Waals surface area contributed by atoms with E-state index in [1.807, 2.05) is 0 Å². The number of carbonyl (C=O) groups excluding carboxylic acids is 2. The third-order valence-electron chi connectivity index (χ3n) is 2.02. The smallest absolute Gasteiger partial charge is 0.384 e. The molecule has 0 heterocycles. The van der Waals surface area contributed by atoms with Crippen LogP contribution in [0.25, 0.3) is 0 Å². The number of carbonyl (C=O) groups is 2. The maximum atomic E-state index is 11.0. The van der Waals surface area contributed by atoms with Gasteiger partial charge in [-0.2, -0.15) is 0 Å². The lowest BCUT2D eigenvalue weighted by Crippen LogP contribution is -2.12. The number of methoxy groups -OCH3 is 1. The van der Waals surface area contributed by atoms with Crippen LogP contribution in [0.15, 0.2) is 24.3 Å². The molecule has 0 saturated carbocycles. The monoisotopic (exact) mass is 262 g/mol. The van der Waals surface area contributed by atoms with E-state index in [2.05, 4.69) is 21.3 Å². The summed E-state index contributed by atoms with van der Waals surface area (Å²) in [5, 5.41) is 0. The average Bonchev–Trinajstić information content (AvgIpc) is 2.44. The van der Waals surface area contributed by atoms with Crippen LogP contribution < -0.4 is 4.74 Å². The van der Waals surface area contributed by atoms with Gasteiger partial charge in [-0.25, -0.2) is 9.59 Å². The van der Waals surface area contributed by atoms with E-state index in [1.165, 1.54) is 7.11 Å². The predicted molar refractivity (Wildman–Crippen MR) is 67.5 cm³/mol. The molecule has 0 saturated heterocycles. The summed E-state index contributed by atoms with van der Waals surface area (Å²) >= 11 is 0. The van der Waals surface area contributed by atoms with Gasteiger partial charge in [0.05, 0.1) is 13.7 Å². The number of benzene rings is 1. The van der Waals surface area contributed by atoms with Crippen molar-refractivity contribution in [2.24, 2.45) is 0 Å². The van der Waals surface area contributed by atoms with Crippen molar-refractivity contribution < 1.29 is 23.8 Å². The lowest BCUT2D eigenvalue weighted by Gasteiger charge is -2.03. The van der Waals surface area contributed by atoms with Gasteiger partial charge in [0, 0.05) is 11.5 Å². The van der Waals surface area contributed by atoms with E-state index in [9.17, 15) is 9.59 Å². The molecule has 5 nitrogen and oxygen atoms in total. The number of hydrogen-bond donors (Lipinski definition) is 0. The summed E-state index contributed by atoms with van der Waals surface area (Å²) in [4.78, 5) is 21.9. The Hall–Kier alpha value is -2.48. The van der Waals surface area contributed by atoms with Crippen molar-refractivity contribution in [2.45, 2.75) is 6.92 Å². The Balaban J connectivity index is 2.56. The van der Waals surface area contributed by atoms with Crippen LogP contribution in [0.5, 0.6) is 5.75 Å². The third kappa shape index (κ3) is 5.59. The topological polar surface area (TPSA) is 61.8 Å². The molecule has 0 aliphatic carbocycles. The molecule has 0 atom stereocenters. The molecule has 0 unspecified atom stereocenters. The van der Waals surface area contributed by atoms with Crippen molar-refractivity contribution in [3.05, 3.63) is 29.8 Å². The second kappa shape index (κ2) is 7.77. The van der Waals surface area contributed by atoms with E-state index in [-0.39, 0.29) is 6.61 Å². The largest absolute Gasteiger partial charge is 0.482 e. The van der Waals surface area contributed by atoms with E-state index in [1.54, 1.807) is 31.2 Å². The first kappa shape index (κ1) is 14.6. The van der Waals surface area contributed by atoms with Gasteiger partial charge in [-0.15, -0.1) is 0 Å². The SMILES string of the molecule is CCOC(=O)C#Cc1ccc(OCC(=O)OC)cc1. The Morgan fingerprint density at radius 1 is 1.21 bits per heavy atom. The van der Waals surface area contributed by atoms with E-state index in [4.69, 9.17) is 4.74 Å². The van der Waals surface area contributed by atoms with Gasteiger partial charge < -0.3 is 14.2 Å². The van der Waals surface area contributed by atoms with Gasteiger partial charge >= 0.3 is 11.9 Å². The first-order valence-electron chi connectivity index (χ1n) is 5.64. The summed E-state index contributed by atoms with van der Waals surface area (Å²) in [5.74, 6) is 4.52. The molecule has 1 rings (SSSR count). The molecule has 19 heavy (non-hydrogen) atoms. The molecule has 1 aromatic carbocycles. The quantitative estimate of drug-likeness (QED) is 0.601.